The van der Waals surface area contributed by atoms with Crippen molar-refractivity contribution in [2.45, 2.75) is 33.2 Å². The summed E-state index contributed by atoms with van der Waals surface area (Å²) in [4.78, 5) is 28.7. The summed E-state index contributed by atoms with van der Waals surface area (Å²) < 4.78 is 1.07. The minimum absolute atomic E-state index is 0.0783. The molecule has 0 aliphatic carbocycles. The van der Waals surface area contributed by atoms with Crippen LogP contribution in [-0.4, -0.2) is 29.7 Å². The number of amides is 2. The van der Waals surface area contributed by atoms with E-state index in [0.717, 1.165) is 21.2 Å². The second kappa shape index (κ2) is 6.95. The summed E-state index contributed by atoms with van der Waals surface area (Å²) in [7, 11) is 0. The number of anilines is 2. The van der Waals surface area contributed by atoms with Crippen molar-refractivity contribution in [2.75, 3.05) is 16.3 Å². The number of hydrogen-bond donors (Lipinski definition) is 1. The Morgan fingerprint density at radius 2 is 1.82 bits per heavy atom. The Morgan fingerprint density at radius 3 is 2.50 bits per heavy atom. The first-order chi connectivity index (χ1) is 13.4. The highest BCUT2D eigenvalue weighted by Crippen LogP contribution is 2.40. The summed E-state index contributed by atoms with van der Waals surface area (Å²) in [5.41, 5.74) is 3.96. The first-order valence-electron chi connectivity index (χ1n) is 9.33. The fraction of sp³-hybridized carbons (Fsp3) is 0.273. The van der Waals surface area contributed by atoms with Gasteiger partial charge in [-0.1, -0.05) is 25.1 Å². The van der Waals surface area contributed by atoms with Crippen LogP contribution < -0.4 is 9.80 Å². The van der Waals surface area contributed by atoms with E-state index in [9.17, 15) is 14.7 Å². The third-order valence-electron chi connectivity index (χ3n) is 5.53. The van der Waals surface area contributed by atoms with Crippen molar-refractivity contribution in [2.24, 2.45) is 0 Å². The number of carbonyl (C=O) groups excluding carboxylic acids is 1. The van der Waals surface area contributed by atoms with Crippen molar-refractivity contribution in [1.82, 2.24) is 0 Å². The van der Waals surface area contributed by atoms with Crippen molar-refractivity contribution in [3.05, 3.63) is 58.5 Å². The van der Waals surface area contributed by atoms with Crippen LogP contribution in [0.25, 0.3) is 10.1 Å². The molecular weight excluding hydrogens is 372 g/mol. The molecule has 0 saturated heterocycles. The molecule has 2 amide bonds. The quantitative estimate of drug-likeness (QED) is 0.629. The summed E-state index contributed by atoms with van der Waals surface area (Å²) in [5.74, 6) is -0.0783. The van der Waals surface area contributed by atoms with Gasteiger partial charge in [0.05, 0.1) is 23.0 Å². The van der Waals surface area contributed by atoms with Crippen molar-refractivity contribution < 1.29 is 14.7 Å². The molecule has 2 aromatic carbocycles. The molecule has 144 valence electrons. The highest BCUT2D eigenvalue weighted by atomic mass is 32.1. The molecule has 0 fully saturated rings. The predicted molar refractivity (Wildman–Crippen MR) is 114 cm³/mol. The number of hydrogen-bond acceptors (Lipinski definition) is 3. The van der Waals surface area contributed by atoms with Gasteiger partial charge in [-0.05, 0) is 49.6 Å². The third kappa shape index (κ3) is 2.85. The maximum absolute atomic E-state index is 13.5. The average molecular weight is 394 g/mol. The first kappa shape index (κ1) is 18.5. The molecule has 28 heavy (non-hydrogen) atoms. The van der Waals surface area contributed by atoms with E-state index in [-0.39, 0.29) is 11.9 Å². The highest BCUT2D eigenvalue weighted by molar-refractivity contribution is 7.17. The normalized spacial score (nSPS) is 16.3. The maximum Gasteiger partial charge on any atom is 0.412 e. The Hall–Kier alpha value is -2.86. The average Bonchev–Trinajstić information content (AvgIpc) is 3.11. The van der Waals surface area contributed by atoms with E-state index in [1.807, 2.05) is 62.5 Å². The lowest BCUT2D eigenvalue weighted by Gasteiger charge is -2.41. The largest absolute Gasteiger partial charge is 0.465 e. The van der Waals surface area contributed by atoms with Gasteiger partial charge >= 0.3 is 6.09 Å². The Kier molecular flexibility index (Phi) is 4.59. The zero-order valence-electron chi connectivity index (χ0n) is 16.1. The van der Waals surface area contributed by atoms with E-state index < -0.39 is 6.09 Å². The van der Waals surface area contributed by atoms with E-state index in [1.165, 1.54) is 4.90 Å². The van der Waals surface area contributed by atoms with Crippen molar-refractivity contribution in [3.63, 3.8) is 0 Å². The summed E-state index contributed by atoms with van der Waals surface area (Å²) in [6.07, 6.45) is -0.350. The molecule has 4 rings (SSSR count). The summed E-state index contributed by atoms with van der Waals surface area (Å²) in [6, 6.07) is 11.4. The number of fused-ring (bicyclic) bond motifs is 2. The Morgan fingerprint density at radius 1 is 1.14 bits per heavy atom. The van der Waals surface area contributed by atoms with Crippen LogP contribution in [-0.2, 0) is 0 Å². The zero-order chi connectivity index (χ0) is 20.0. The smallest absolute Gasteiger partial charge is 0.412 e. The SMILES string of the molecule is CCC1CN(C(=O)c2csc3ccccc23)c2cc(C)c(C)cc2N1C(=O)O. The Labute approximate surface area is 167 Å². The van der Waals surface area contributed by atoms with Crippen LogP contribution in [0.15, 0.2) is 41.8 Å². The number of carboxylic acid groups (broad SMARTS) is 1. The number of aryl methyl sites for hydroxylation is 2. The summed E-state index contributed by atoms with van der Waals surface area (Å²) in [6.45, 7) is 6.25. The molecule has 1 aliphatic rings. The number of rotatable bonds is 2. The lowest BCUT2D eigenvalue weighted by molar-refractivity contribution is 0.0984. The molecular formula is C22H22N2O3S. The van der Waals surface area contributed by atoms with E-state index >= 15 is 0 Å². The molecule has 1 aromatic heterocycles. The fourth-order valence-electron chi connectivity index (χ4n) is 3.83. The zero-order valence-corrected chi connectivity index (χ0v) is 16.9. The lowest BCUT2D eigenvalue weighted by Crippen LogP contribution is -2.52. The number of thiophene rings is 1. The van der Waals surface area contributed by atoms with Gasteiger partial charge in [-0.2, -0.15) is 0 Å². The molecule has 0 spiro atoms. The van der Waals surface area contributed by atoms with Gasteiger partial charge in [-0.25, -0.2) is 4.79 Å². The first-order valence-corrected chi connectivity index (χ1v) is 10.2. The Bertz CT molecular complexity index is 1090. The fourth-order valence-corrected chi connectivity index (χ4v) is 4.77. The minimum atomic E-state index is -0.982. The highest BCUT2D eigenvalue weighted by Gasteiger charge is 2.37. The minimum Gasteiger partial charge on any atom is -0.465 e. The predicted octanol–water partition coefficient (Wildman–Crippen LogP) is 5.44. The van der Waals surface area contributed by atoms with Gasteiger partial charge in [0.2, 0.25) is 0 Å². The molecule has 6 heteroatoms. The van der Waals surface area contributed by atoms with Gasteiger partial charge in [-0.3, -0.25) is 9.69 Å². The number of carbonyl (C=O) groups is 2. The summed E-state index contributed by atoms with van der Waals surface area (Å²) >= 11 is 1.55. The molecule has 0 saturated carbocycles. The van der Waals surface area contributed by atoms with Crippen LogP contribution in [0, 0.1) is 13.8 Å². The van der Waals surface area contributed by atoms with E-state index in [1.54, 1.807) is 16.2 Å². The van der Waals surface area contributed by atoms with E-state index in [4.69, 9.17) is 0 Å². The summed E-state index contributed by atoms with van der Waals surface area (Å²) in [5, 5.41) is 12.7. The molecule has 1 aliphatic heterocycles. The third-order valence-corrected chi connectivity index (χ3v) is 6.50. The topological polar surface area (TPSA) is 60.9 Å². The van der Waals surface area contributed by atoms with Crippen LogP contribution in [0.1, 0.15) is 34.8 Å². The number of nitrogens with zero attached hydrogens (tertiary/aromatic N) is 2. The monoisotopic (exact) mass is 394 g/mol. The van der Waals surface area contributed by atoms with Gasteiger partial charge < -0.3 is 10.0 Å². The van der Waals surface area contributed by atoms with Crippen molar-refractivity contribution >= 4 is 44.8 Å². The molecule has 1 atom stereocenters. The van der Waals surface area contributed by atoms with Crippen LogP contribution in [0.4, 0.5) is 16.2 Å². The molecule has 3 aromatic rings. The van der Waals surface area contributed by atoms with E-state index in [0.29, 0.717) is 29.9 Å². The molecule has 1 N–H and O–H groups in total. The van der Waals surface area contributed by atoms with Gasteiger partial charge in [0, 0.05) is 22.0 Å². The molecule has 5 nitrogen and oxygen atoms in total. The van der Waals surface area contributed by atoms with Gasteiger partial charge in [0.15, 0.2) is 0 Å². The molecule has 1 unspecified atom stereocenters. The molecule has 0 bridgehead atoms. The maximum atomic E-state index is 13.5. The van der Waals surface area contributed by atoms with Crippen LogP contribution in [0.5, 0.6) is 0 Å². The van der Waals surface area contributed by atoms with E-state index in [2.05, 4.69) is 0 Å². The molecule has 2 heterocycles. The standard InChI is InChI=1S/C22H22N2O3S/c1-4-15-11-23(21(25)17-12-28-20-8-6-5-7-16(17)20)18-9-13(2)14(3)10-19(18)24(15)22(26)27/h5-10,12,15H,4,11H2,1-3H3,(H,26,27). The van der Waals surface area contributed by atoms with Gasteiger partial charge in [0.25, 0.3) is 5.91 Å². The van der Waals surface area contributed by atoms with Crippen LogP contribution >= 0.6 is 11.3 Å². The molecule has 0 radical (unpaired) electrons. The van der Waals surface area contributed by atoms with Gasteiger partial charge in [-0.15, -0.1) is 11.3 Å². The van der Waals surface area contributed by atoms with Crippen LogP contribution in [0.3, 0.4) is 0 Å². The lowest BCUT2D eigenvalue weighted by atomic mass is 9.99. The second-order valence-electron chi connectivity index (χ2n) is 7.20. The second-order valence-corrected chi connectivity index (χ2v) is 8.11. The van der Waals surface area contributed by atoms with Crippen molar-refractivity contribution in [1.29, 1.82) is 0 Å². The Balaban J connectivity index is 1.87. The van der Waals surface area contributed by atoms with Crippen LogP contribution in [0.2, 0.25) is 0 Å². The number of benzene rings is 2. The van der Waals surface area contributed by atoms with Crippen molar-refractivity contribution in [3.8, 4) is 0 Å². The van der Waals surface area contributed by atoms with Gasteiger partial charge in [0.1, 0.15) is 0 Å².